The summed E-state index contributed by atoms with van der Waals surface area (Å²) in [5.74, 6) is 0.158. The minimum Gasteiger partial charge on any atom is -0.481 e. The summed E-state index contributed by atoms with van der Waals surface area (Å²) in [6.07, 6.45) is 5.12. The number of fused-ring (bicyclic) bond motifs is 1. The van der Waals surface area contributed by atoms with Crippen molar-refractivity contribution in [3.63, 3.8) is 0 Å². The molecule has 0 saturated carbocycles. The molecule has 1 aromatic rings. The number of carbonyl (C=O) groups is 1. The molecule has 0 fully saturated rings. The van der Waals surface area contributed by atoms with Gasteiger partial charge < -0.3 is 15.4 Å². The lowest BCUT2D eigenvalue weighted by Crippen LogP contribution is -2.15. The molecule has 82 valence electrons. The molecule has 0 aliphatic carbocycles. The fourth-order valence-corrected chi connectivity index (χ4v) is 1.91. The van der Waals surface area contributed by atoms with E-state index in [-0.39, 0.29) is 6.42 Å². The summed E-state index contributed by atoms with van der Waals surface area (Å²) in [6, 6.07) is -0.486. The van der Waals surface area contributed by atoms with E-state index in [9.17, 15) is 4.79 Å². The summed E-state index contributed by atoms with van der Waals surface area (Å²) in [5, 5.41) is 8.63. The molecule has 0 bridgehead atoms. The van der Waals surface area contributed by atoms with Gasteiger partial charge in [0.1, 0.15) is 5.82 Å². The SMILES string of the molecule is NC(CC(=O)O)c1cn2c(n1)CCCC2. The number of nitrogens with zero attached hydrogens (tertiary/aromatic N) is 2. The number of carboxylic acids is 1. The number of aliphatic carboxylic acids is 1. The standard InChI is InChI=1S/C10H15N3O2/c11-7(5-10(14)15)8-6-13-4-2-1-3-9(13)12-8/h6-7H,1-5,11H2,(H,14,15). The Labute approximate surface area is 87.9 Å². The summed E-state index contributed by atoms with van der Waals surface area (Å²) in [6.45, 7) is 0.974. The Morgan fingerprint density at radius 1 is 1.67 bits per heavy atom. The summed E-state index contributed by atoms with van der Waals surface area (Å²) in [7, 11) is 0. The van der Waals surface area contributed by atoms with Crippen LogP contribution in [-0.4, -0.2) is 20.6 Å². The van der Waals surface area contributed by atoms with Gasteiger partial charge in [-0.2, -0.15) is 0 Å². The minimum absolute atomic E-state index is 0.0591. The number of aryl methyl sites for hydroxylation is 2. The van der Waals surface area contributed by atoms with E-state index in [4.69, 9.17) is 10.8 Å². The van der Waals surface area contributed by atoms with Crippen LogP contribution in [0.3, 0.4) is 0 Å². The van der Waals surface area contributed by atoms with E-state index in [0.29, 0.717) is 5.69 Å². The molecule has 1 aromatic heterocycles. The zero-order chi connectivity index (χ0) is 10.8. The number of imidazole rings is 1. The highest BCUT2D eigenvalue weighted by Crippen LogP contribution is 2.19. The quantitative estimate of drug-likeness (QED) is 0.767. The van der Waals surface area contributed by atoms with Gasteiger partial charge in [-0.05, 0) is 12.8 Å². The lowest BCUT2D eigenvalue weighted by atomic mass is 10.2. The van der Waals surface area contributed by atoms with Crippen LogP contribution in [0.2, 0.25) is 0 Å². The van der Waals surface area contributed by atoms with Crippen LogP contribution in [0, 0.1) is 0 Å². The van der Waals surface area contributed by atoms with Crippen molar-refractivity contribution in [2.75, 3.05) is 0 Å². The number of rotatable bonds is 3. The number of hydrogen-bond acceptors (Lipinski definition) is 3. The average molecular weight is 209 g/mol. The first-order valence-electron chi connectivity index (χ1n) is 5.20. The number of hydrogen-bond donors (Lipinski definition) is 2. The molecule has 5 heteroatoms. The van der Waals surface area contributed by atoms with E-state index < -0.39 is 12.0 Å². The molecule has 15 heavy (non-hydrogen) atoms. The molecule has 0 radical (unpaired) electrons. The van der Waals surface area contributed by atoms with Crippen molar-refractivity contribution in [2.24, 2.45) is 5.73 Å². The number of carboxylic acid groups (broad SMARTS) is 1. The van der Waals surface area contributed by atoms with E-state index in [1.54, 1.807) is 0 Å². The van der Waals surface area contributed by atoms with Crippen LogP contribution < -0.4 is 5.73 Å². The molecule has 0 saturated heterocycles. The minimum atomic E-state index is -0.881. The molecule has 1 aliphatic rings. The summed E-state index contributed by atoms with van der Waals surface area (Å²) < 4.78 is 2.08. The van der Waals surface area contributed by atoms with E-state index >= 15 is 0 Å². The van der Waals surface area contributed by atoms with Crippen LogP contribution >= 0.6 is 0 Å². The van der Waals surface area contributed by atoms with Gasteiger partial charge in [0.25, 0.3) is 0 Å². The van der Waals surface area contributed by atoms with E-state index in [1.165, 1.54) is 0 Å². The molecule has 2 heterocycles. The van der Waals surface area contributed by atoms with Gasteiger partial charge in [-0.1, -0.05) is 0 Å². The maximum absolute atomic E-state index is 10.5. The Kier molecular flexibility index (Phi) is 2.73. The molecule has 1 aliphatic heterocycles. The Balaban J connectivity index is 2.15. The molecule has 1 unspecified atom stereocenters. The lowest BCUT2D eigenvalue weighted by molar-refractivity contribution is -0.137. The maximum atomic E-state index is 10.5. The van der Waals surface area contributed by atoms with Gasteiger partial charge in [0.05, 0.1) is 18.2 Å². The van der Waals surface area contributed by atoms with Crippen LogP contribution in [0.25, 0.3) is 0 Å². The van der Waals surface area contributed by atoms with Crippen molar-refractivity contribution in [1.82, 2.24) is 9.55 Å². The van der Waals surface area contributed by atoms with Gasteiger partial charge in [0, 0.05) is 19.2 Å². The fourth-order valence-electron chi connectivity index (χ4n) is 1.91. The van der Waals surface area contributed by atoms with Crippen molar-refractivity contribution < 1.29 is 9.90 Å². The van der Waals surface area contributed by atoms with E-state index in [1.807, 2.05) is 6.20 Å². The smallest absolute Gasteiger partial charge is 0.305 e. The van der Waals surface area contributed by atoms with Crippen LogP contribution in [0.1, 0.15) is 36.8 Å². The summed E-state index contributed by atoms with van der Waals surface area (Å²) in [5.41, 5.74) is 6.45. The average Bonchev–Trinajstić information content (AvgIpc) is 2.59. The zero-order valence-corrected chi connectivity index (χ0v) is 8.52. The van der Waals surface area contributed by atoms with Gasteiger partial charge >= 0.3 is 5.97 Å². The predicted molar refractivity (Wildman–Crippen MR) is 54.3 cm³/mol. The van der Waals surface area contributed by atoms with Crippen molar-refractivity contribution >= 4 is 5.97 Å². The molecule has 3 N–H and O–H groups in total. The molecule has 0 aromatic carbocycles. The molecule has 2 rings (SSSR count). The van der Waals surface area contributed by atoms with Crippen molar-refractivity contribution in [3.8, 4) is 0 Å². The first kappa shape index (κ1) is 10.2. The second-order valence-electron chi connectivity index (χ2n) is 3.94. The van der Waals surface area contributed by atoms with E-state index in [2.05, 4.69) is 9.55 Å². The van der Waals surface area contributed by atoms with E-state index in [0.717, 1.165) is 31.6 Å². The predicted octanol–water partition coefficient (Wildman–Crippen LogP) is 0.694. The first-order valence-corrected chi connectivity index (χ1v) is 5.20. The first-order chi connectivity index (χ1) is 7.16. The topological polar surface area (TPSA) is 81.1 Å². The van der Waals surface area contributed by atoms with Gasteiger partial charge in [0.15, 0.2) is 0 Å². The zero-order valence-electron chi connectivity index (χ0n) is 8.52. The maximum Gasteiger partial charge on any atom is 0.305 e. The third kappa shape index (κ3) is 2.18. The fraction of sp³-hybridized carbons (Fsp3) is 0.600. The van der Waals surface area contributed by atoms with Gasteiger partial charge in [-0.15, -0.1) is 0 Å². The third-order valence-electron chi connectivity index (χ3n) is 2.70. The third-order valence-corrected chi connectivity index (χ3v) is 2.70. The van der Waals surface area contributed by atoms with Crippen molar-refractivity contribution in [2.45, 2.75) is 38.3 Å². The Morgan fingerprint density at radius 3 is 3.13 bits per heavy atom. The van der Waals surface area contributed by atoms with Gasteiger partial charge in [0.2, 0.25) is 0 Å². The van der Waals surface area contributed by atoms with Gasteiger partial charge in [-0.25, -0.2) is 4.98 Å². The Hall–Kier alpha value is -1.36. The Morgan fingerprint density at radius 2 is 2.47 bits per heavy atom. The highest BCUT2D eigenvalue weighted by Gasteiger charge is 2.17. The highest BCUT2D eigenvalue weighted by molar-refractivity contribution is 5.67. The molecular weight excluding hydrogens is 194 g/mol. The van der Waals surface area contributed by atoms with Crippen LogP contribution in [0.5, 0.6) is 0 Å². The molecule has 1 atom stereocenters. The monoisotopic (exact) mass is 209 g/mol. The van der Waals surface area contributed by atoms with Crippen LogP contribution in [-0.2, 0) is 17.8 Å². The summed E-state index contributed by atoms with van der Waals surface area (Å²) in [4.78, 5) is 14.9. The highest BCUT2D eigenvalue weighted by atomic mass is 16.4. The van der Waals surface area contributed by atoms with Crippen molar-refractivity contribution in [3.05, 3.63) is 17.7 Å². The molecular formula is C10H15N3O2. The second-order valence-corrected chi connectivity index (χ2v) is 3.94. The van der Waals surface area contributed by atoms with Crippen LogP contribution in [0.15, 0.2) is 6.20 Å². The second kappa shape index (κ2) is 4.02. The normalized spacial score (nSPS) is 17.1. The van der Waals surface area contributed by atoms with Crippen molar-refractivity contribution in [1.29, 1.82) is 0 Å². The Bertz CT molecular complexity index is 349. The number of nitrogens with two attached hydrogens (primary N) is 1. The molecule has 0 spiro atoms. The summed E-state index contributed by atoms with van der Waals surface area (Å²) >= 11 is 0. The van der Waals surface area contributed by atoms with Crippen LogP contribution in [0.4, 0.5) is 0 Å². The van der Waals surface area contributed by atoms with Gasteiger partial charge in [-0.3, -0.25) is 4.79 Å². The lowest BCUT2D eigenvalue weighted by Gasteiger charge is -2.11. The molecule has 5 nitrogen and oxygen atoms in total. The molecule has 0 amide bonds. The largest absolute Gasteiger partial charge is 0.481 e. The number of aromatic nitrogens is 2.